The molecule has 3 atom stereocenters. The lowest BCUT2D eigenvalue weighted by Crippen LogP contribution is -2.38. The van der Waals surface area contributed by atoms with Crippen molar-refractivity contribution in [3.63, 3.8) is 0 Å². The summed E-state index contributed by atoms with van der Waals surface area (Å²) >= 11 is 6.58. The number of nitrogens with one attached hydrogen (secondary N) is 2. The maximum atomic E-state index is 15.6. The summed E-state index contributed by atoms with van der Waals surface area (Å²) in [5.41, 5.74) is -2.59. The van der Waals surface area contributed by atoms with Gasteiger partial charge in [-0.2, -0.15) is 24.1 Å². The number of halogens is 9. The standard InChI is InChI=1S/C41H32ClF8N11O4S/c1-16-17(2)54-55-37(51-16)19-4-5-22-26(11-19)53-39(61(40(22)63)28-7-6-25(42)32-34(28)59(14-29(45)46)57-38(32)58-66(3,64)65)27(10-18-8-20(43)12-21(44)9-18)52-30(62)15-60-35-31(33(56-60)36(47)48)23-13-24(23)41(35,49)50/h4-9,11-12,23-24,27,29,36H,10,13-15H2,1-3H3,(H,52,62)(H,57,58)/t23-,24+,27-/m0/s1. The molecule has 1 fully saturated rings. The van der Waals surface area contributed by atoms with Crippen LogP contribution in [0.4, 0.5) is 40.9 Å². The molecule has 2 aliphatic carbocycles. The Labute approximate surface area is 371 Å². The molecule has 7 aromatic rings. The molecular formula is C41H32ClF8N11O4S. The van der Waals surface area contributed by atoms with E-state index in [1.165, 1.54) is 30.3 Å². The fraction of sp³-hybridized carbons (Fsp3) is 0.317. The van der Waals surface area contributed by atoms with E-state index in [1.54, 1.807) is 13.8 Å². The summed E-state index contributed by atoms with van der Waals surface area (Å²) in [4.78, 5) is 38.5. The van der Waals surface area contributed by atoms with Gasteiger partial charge >= 0.3 is 0 Å². The van der Waals surface area contributed by atoms with Gasteiger partial charge in [-0.25, -0.2) is 44.7 Å². The highest BCUT2D eigenvalue weighted by Gasteiger charge is 2.67. The highest BCUT2D eigenvalue weighted by atomic mass is 35.5. The molecular weight excluding hydrogens is 930 g/mol. The van der Waals surface area contributed by atoms with Gasteiger partial charge < -0.3 is 5.32 Å². The zero-order chi connectivity index (χ0) is 47.3. The molecule has 2 N–H and O–H groups in total. The van der Waals surface area contributed by atoms with Crippen LogP contribution >= 0.6 is 11.6 Å². The second-order valence-corrected chi connectivity index (χ2v) is 18.2. The van der Waals surface area contributed by atoms with Crippen LogP contribution in [0.3, 0.4) is 0 Å². The molecule has 4 heterocycles. The lowest BCUT2D eigenvalue weighted by atomic mass is 10.0. The minimum atomic E-state index is -4.14. The number of carbonyl (C=O) groups excluding carboxylic acids is 1. The van der Waals surface area contributed by atoms with E-state index in [4.69, 9.17) is 16.6 Å². The van der Waals surface area contributed by atoms with Crippen molar-refractivity contribution in [3.05, 3.63) is 115 Å². The Morgan fingerprint density at radius 2 is 1.68 bits per heavy atom. The molecule has 66 heavy (non-hydrogen) atoms. The van der Waals surface area contributed by atoms with Gasteiger partial charge in [0.15, 0.2) is 11.6 Å². The van der Waals surface area contributed by atoms with Crippen LogP contribution in [0.1, 0.15) is 64.5 Å². The zero-order valence-corrected chi connectivity index (χ0v) is 35.9. The molecule has 0 saturated heterocycles. The number of benzene rings is 3. The Morgan fingerprint density at radius 3 is 2.35 bits per heavy atom. The van der Waals surface area contributed by atoms with Crippen LogP contribution in [0, 0.1) is 31.4 Å². The summed E-state index contributed by atoms with van der Waals surface area (Å²) in [6, 6.07) is 7.28. The van der Waals surface area contributed by atoms with E-state index in [9.17, 15) is 39.6 Å². The number of anilines is 1. The van der Waals surface area contributed by atoms with Gasteiger partial charge in [0.2, 0.25) is 15.9 Å². The number of aromatic nitrogens is 9. The van der Waals surface area contributed by atoms with E-state index in [-0.39, 0.29) is 55.9 Å². The molecule has 0 radical (unpaired) electrons. The molecule has 1 saturated carbocycles. The van der Waals surface area contributed by atoms with E-state index in [0.29, 0.717) is 32.4 Å². The van der Waals surface area contributed by atoms with Gasteiger partial charge in [-0.15, -0.1) is 5.10 Å². The Balaban J connectivity index is 1.28. The third-order valence-corrected chi connectivity index (χ3v) is 12.2. The highest BCUT2D eigenvalue weighted by Crippen LogP contribution is 2.68. The number of hydrogen-bond acceptors (Lipinski definition) is 10. The summed E-state index contributed by atoms with van der Waals surface area (Å²) in [7, 11) is -4.14. The lowest BCUT2D eigenvalue weighted by molar-refractivity contribution is -0.123. The molecule has 9 rings (SSSR count). The topological polar surface area (TPSA) is 184 Å². The van der Waals surface area contributed by atoms with E-state index in [1.807, 2.05) is 0 Å². The predicted octanol–water partition coefficient (Wildman–Crippen LogP) is 7.22. The molecule has 0 aliphatic heterocycles. The molecule has 15 nitrogen and oxygen atoms in total. The number of nitrogens with zero attached hydrogens (tertiary/aromatic N) is 9. The van der Waals surface area contributed by atoms with Gasteiger partial charge in [0.25, 0.3) is 24.3 Å². The smallest absolute Gasteiger partial charge is 0.293 e. The van der Waals surface area contributed by atoms with E-state index < -0.39 is 112 Å². The average Bonchev–Trinajstić information content (AvgIpc) is 3.75. The summed E-state index contributed by atoms with van der Waals surface area (Å²) in [5, 5.41) is 18.0. The van der Waals surface area contributed by atoms with E-state index in [2.05, 4.69) is 35.4 Å². The van der Waals surface area contributed by atoms with Crippen molar-refractivity contribution in [2.45, 2.75) is 70.5 Å². The van der Waals surface area contributed by atoms with Crippen molar-refractivity contribution in [1.82, 2.24) is 49.6 Å². The number of alkyl halides is 6. The summed E-state index contributed by atoms with van der Waals surface area (Å²) in [5.74, 6) is -9.89. The first-order chi connectivity index (χ1) is 31.1. The number of carbonyl (C=O) groups is 1. The van der Waals surface area contributed by atoms with Gasteiger partial charge in [0, 0.05) is 29.5 Å². The third kappa shape index (κ3) is 7.98. The van der Waals surface area contributed by atoms with Crippen molar-refractivity contribution >= 4 is 55.2 Å². The molecule has 344 valence electrons. The molecule has 4 aromatic heterocycles. The van der Waals surface area contributed by atoms with Crippen LogP contribution in [0.5, 0.6) is 0 Å². The first kappa shape index (κ1) is 44.6. The Morgan fingerprint density at radius 1 is 0.955 bits per heavy atom. The van der Waals surface area contributed by atoms with Crippen molar-refractivity contribution in [2.75, 3.05) is 11.0 Å². The Hall–Kier alpha value is -6.56. The van der Waals surface area contributed by atoms with Gasteiger partial charge in [-0.1, -0.05) is 17.7 Å². The second kappa shape index (κ2) is 16.1. The van der Waals surface area contributed by atoms with Gasteiger partial charge in [0.05, 0.1) is 56.2 Å². The van der Waals surface area contributed by atoms with Crippen molar-refractivity contribution in [3.8, 4) is 17.1 Å². The lowest BCUT2D eigenvalue weighted by Gasteiger charge is -2.24. The van der Waals surface area contributed by atoms with Gasteiger partial charge in [-0.05, 0) is 68.1 Å². The number of rotatable bonds is 13. The van der Waals surface area contributed by atoms with Crippen LogP contribution in [-0.2, 0) is 40.3 Å². The largest absolute Gasteiger partial charge is 0.344 e. The normalized spacial score (nSPS) is 16.9. The van der Waals surface area contributed by atoms with Crippen molar-refractivity contribution in [1.29, 1.82) is 0 Å². The maximum Gasteiger partial charge on any atom is 0.293 e. The Bertz CT molecular complexity index is 3330. The number of aryl methyl sites for hydroxylation is 2. The van der Waals surface area contributed by atoms with Crippen LogP contribution in [0.2, 0.25) is 5.02 Å². The summed E-state index contributed by atoms with van der Waals surface area (Å²) in [6.07, 6.45) is -6.26. The number of amides is 1. The fourth-order valence-corrected chi connectivity index (χ4v) is 9.20. The zero-order valence-electron chi connectivity index (χ0n) is 34.3. The van der Waals surface area contributed by atoms with Crippen molar-refractivity contribution < 1.29 is 48.3 Å². The van der Waals surface area contributed by atoms with Gasteiger partial charge in [0.1, 0.15) is 41.9 Å². The van der Waals surface area contributed by atoms with Crippen LogP contribution in [0.15, 0.2) is 53.3 Å². The highest BCUT2D eigenvalue weighted by molar-refractivity contribution is 7.92. The fourth-order valence-electron chi connectivity index (χ4n) is 8.47. The number of hydrogen-bond donors (Lipinski definition) is 2. The second-order valence-electron chi connectivity index (χ2n) is 16.0. The maximum absolute atomic E-state index is 15.6. The van der Waals surface area contributed by atoms with Gasteiger partial charge in [-0.3, -0.25) is 28.2 Å². The summed E-state index contributed by atoms with van der Waals surface area (Å²) < 4.78 is 147. The predicted molar refractivity (Wildman–Crippen MR) is 221 cm³/mol. The third-order valence-electron chi connectivity index (χ3n) is 11.4. The first-order valence-corrected chi connectivity index (χ1v) is 22.1. The molecule has 1 amide bonds. The molecule has 25 heteroatoms. The first-order valence-electron chi connectivity index (χ1n) is 19.8. The Kier molecular flexibility index (Phi) is 10.9. The molecule has 2 aliphatic rings. The number of fused-ring (bicyclic) bond motifs is 5. The minimum Gasteiger partial charge on any atom is -0.344 e. The molecule has 0 spiro atoms. The monoisotopic (exact) mass is 961 g/mol. The van der Waals surface area contributed by atoms with E-state index in [0.717, 1.165) is 23.0 Å². The van der Waals surface area contributed by atoms with E-state index >= 15 is 13.6 Å². The van der Waals surface area contributed by atoms with Crippen LogP contribution < -0.4 is 15.6 Å². The quantitative estimate of drug-likeness (QED) is 0.112. The molecule has 0 unspecified atom stereocenters. The molecule has 3 aromatic carbocycles. The molecule has 0 bridgehead atoms. The number of sulfonamides is 1. The summed E-state index contributed by atoms with van der Waals surface area (Å²) in [6.45, 7) is 1.12. The van der Waals surface area contributed by atoms with Crippen molar-refractivity contribution in [2.24, 2.45) is 5.92 Å². The van der Waals surface area contributed by atoms with Crippen LogP contribution in [-0.4, -0.2) is 71.3 Å². The minimum absolute atomic E-state index is 0.0527. The average molecular weight is 962 g/mol. The SMILES string of the molecule is Cc1nnc(-c2ccc3c(=O)n(-c4ccc(Cl)c5c(NS(C)(=O)=O)nn(CC(F)F)c45)c([C@H](Cc4cc(F)cc(F)c4)NC(=O)Cn4nc(C(F)F)c5c4C(F)(F)[C@@H]4C[C@H]54)nc3c2)nc1C. The van der Waals surface area contributed by atoms with Crippen LogP contribution in [0.25, 0.3) is 38.9 Å².